The van der Waals surface area contributed by atoms with Crippen molar-refractivity contribution in [2.24, 2.45) is 5.92 Å². The Kier molecular flexibility index (Phi) is 6.38. The molecule has 0 spiro atoms. The van der Waals surface area contributed by atoms with Gasteiger partial charge in [0.2, 0.25) is 5.91 Å². The Balaban J connectivity index is 2.08. The molecule has 7 heteroatoms. The molecule has 0 saturated heterocycles. The number of amides is 2. The van der Waals surface area contributed by atoms with Crippen molar-refractivity contribution in [3.63, 3.8) is 0 Å². The van der Waals surface area contributed by atoms with Crippen molar-refractivity contribution in [3.8, 4) is 0 Å². The molecular weight excluding hydrogens is 345 g/mol. The lowest BCUT2D eigenvalue weighted by Crippen LogP contribution is -2.49. The highest BCUT2D eigenvalue weighted by Gasteiger charge is 2.27. The van der Waals surface area contributed by atoms with E-state index in [4.69, 9.17) is 0 Å². The van der Waals surface area contributed by atoms with Crippen LogP contribution in [0.2, 0.25) is 0 Å². The summed E-state index contributed by atoms with van der Waals surface area (Å²) in [5, 5.41) is 4.94. The lowest BCUT2D eigenvalue weighted by Gasteiger charge is -2.22. The van der Waals surface area contributed by atoms with Gasteiger partial charge in [0.25, 0.3) is 5.91 Å². The highest BCUT2D eigenvalue weighted by molar-refractivity contribution is 5.98. The quantitative estimate of drug-likeness (QED) is 0.827. The number of carbonyl (C=O) groups is 2. The van der Waals surface area contributed by atoms with E-state index in [-0.39, 0.29) is 12.5 Å². The summed E-state index contributed by atoms with van der Waals surface area (Å²) >= 11 is 0. The zero-order valence-corrected chi connectivity index (χ0v) is 14.4. The molecule has 0 saturated carbocycles. The summed E-state index contributed by atoms with van der Waals surface area (Å²) in [5.74, 6) is -4.33. The Morgan fingerprint density at radius 2 is 1.62 bits per heavy atom. The highest BCUT2D eigenvalue weighted by atomic mass is 19.1. The van der Waals surface area contributed by atoms with Gasteiger partial charge in [0.15, 0.2) is 0 Å². The fraction of sp³-hybridized carbons (Fsp3) is 0.263. The van der Waals surface area contributed by atoms with Gasteiger partial charge < -0.3 is 10.6 Å². The molecule has 4 nitrogen and oxygen atoms in total. The predicted octanol–water partition coefficient (Wildman–Crippen LogP) is 3.17. The summed E-state index contributed by atoms with van der Waals surface area (Å²) in [6.07, 6.45) is 0. The lowest BCUT2D eigenvalue weighted by molar-refractivity contribution is -0.124. The topological polar surface area (TPSA) is 58.2 Å². The van der Waals surface area contributed by atoms with Gasteiger partial charge in [-0.1, -0.05) is 32.0 Å². The Bertz CT molecular complexity index is 789. The Labute approximate surface area is 149 Å². The molecule has 26 heavy (non-hydrogen) atoms. The minimum absolute atomic E-state index is 0.0593. The van der Waals surface area contributed by atoms with E-state index in [0.29, 0.717) is 5.56 Å². The summed E-state index contributed by atoms with van der Waals surface area (Å²) in [5.41, 5.74) is -0.191. The van der Waals surface area contributed by atoms with E-state index >= 15 is 0 Å². The summed E-state index contributed by atoms with van der Waals surface area (Å²) in [6, 6.07) is 7.78. The van der Waals surface area contributed by atoms with Gasteiger partial charge in [-0.25, -0.2) is 13.2 Å². The summed E-state index contributed by atoms with van der Waals surface area (Å²) in [6.45, 7) is 3.43. The van der Waals surface area contributed by atoms with E-state index in [1.54, 1.807) is 19.9 Å². The smallest absolute Gasteiger partial charge is 0.257 e. The summed E-state index contributed by atoms with van der Waals surface area (Å²) < 4.78 is 40.6. The Hall–Kier alpha value is -2.83. The second kappa shape index (κ2) is 8.51. The molecule has 0 radical (unpaired) electrons. The van der Waals surface area contributed by atoms with Crippen LogP contribution < -0.4 is 10.6 Å². The van der Waals surface area contributed by atoms with Crippen LogP contribution in [0.1, 0.15) is 29.8 Å². The van der Waals surface area contributed by atoms with Gasteiger partial charge >= 0.3 is 0 Å². The fourth-order valence-electron chi connectivity index (χ4n) is 2.41. The minimum Gasteiger partial charge on any atom is -0.350 e. The number of carbonyl (C=O) groups excluding carboxylic acids is 2. The summed E-state index contributed by atoms with van der Waals surface area (Å²) in [7, 11) is 0. The number of halogens is 3. The molecule has 0 fully saturated rings. The van der Waals surface area contributed by atoms with Crippen LogP contribution in [0.4, 0.5) is 13.2 Å². The molecule has 1 atom stereocenters. The average molecular weight is 364 g/mol. The van der Waals surface area contributed by atoms with Crippen LogP contribution in [0.3, 0.4) is 0 Å². The minimum atomic E-state index is -1.01. The van der Waals surface area contributed by atoms with Crippen molar-refractivity contribution in [2.45, 2.75) is 26.4 Å². The molecule has 2 aromatic carbocycles. The fourth-order valence-corrected chi connectivity index (χ4v) is 2.41. The van der Waals surface area contributed by atoms with Crippen molar-refractivity contribution in [1.82, 2.24) is 10.6 Å². The van der Waals surface area contributed by atoms with Crippen LogP contribution in [0.25, 0.3) is 0 Å². The molecule has 2 rings (SSSR count). The maximum absolute atomic E-state index is 13.7. The van der Waals surface area contributed by atoms with E-state index in [1.165, 1.54) is 18.2 Å². The maximum atomic E-state index is 13.7. The molecule has 0 bridgehead atoms. The average Bonchev–Trinajstić information content (AvgIpc) is 2.57. The third-order valence-corrected chi connectivity index (χ3v) is 3.78. The highest BCUT2D eigenvalue weighted by Crippen LogP contribution is 2.13. The van der Waals surface area contributed by atoms with E-state index in [2.05, 4.69) is 10.6 Å². The first kappa shape index (κ1) is 19.5. The number of hydrogen-bond donors (Lipinski definition) is 2. The number of benzene rings is 2. The molecule has 0 heterocycles. The van der Waals surface area contributed by atoms with Crippen molar-refractivity contribution in [1.29, 1.82) is 0 Å². The van der Waals surface area contributed by atoms with Crippen molar-refractivity contribution in [2.75, 3.05) is 0 Å². The molecule has 2 N–H and O–H groups in total. The number of nitrogens with one attached hydrogen (secondary N) is 2. The molecule has 2 aromatic rings. The molecule has 0 aliphatic heterocycles. The summed E-state index contributed by atoms with van der Waals surface area (Å²) in [4.78, 5) is 24.6. The number of rotatable bonds is 6. The van der Waals surface area contributed by atoms with Crippen molar-refractivity contribution >= 4 is 11.8 Å². The third kappa shape index (κ3) is 4.84. The van der Waals surface area contributed by atoms with Crippen molar-refractivity contribution < 1.29 is 22.8 Å². The number of hydrogen-bond acceptors (Lipinski definition) is 2. The van der Waals surface area contributed by atoms with Gasteiger partial charge in [0, 0.05) is 6.54 Å². The van der Waals surface area contributed by atoms with E-state index in [1.807, 2.05) is 0 Å². The monoisotopic (exact) mass is 364 g/mol. The second-order valence-electron chi connectivity index (χ2n) is 6.14. The zero-order valence-electron chi connectivity index (χ0n) is 14.4. The van der Waals surface area contributed by atoms with E-state index in [0.717, 1.165) is 18.2 Å². The van der Waals surface area contributed by atoms with Gasteiger partial charge in [-0.05, 0) is 35.7 Å². The van der Waals surface area contributed by atoms with Crippen LogP contribution in [0.15, 0.2) is 42.5 Å². The first-order valence-electron chi connectivity index (χ1n) is 8.06. The molecule has 0 aliphatic rings. The van der Waals surface area contributed by atoms with Crippen LogP contribution in [-0.2, 0) is 11.3 Å². The Morgan fingerprint density at radius 3 is 2.19 bits per heavy atom. The largest absolute Gasteiger partial charge is 0.350 e. The van der Waals surface area contributed by atoms with Gasteiger partial charge in [-0.3, -0.25) is 9.59 Å². The SMILES string of the molecule is CC(C)C(NC(=O)c1c(F)cccc1F)C(=O)NCc1cccc(F)c1. The first-order valence-corrected chi connectivity index (χ1v) is 8.06. The van der Waals surface area contributed by atoms with E-state index < -0.39 is 40.9 Å². The van der Waals surface area contributed by atoms with Crippen LogP contribution in [0.5, 0.6) is 0 Å². The normalized spacial score (nSPS) is 11.9. The second-order valence-corrected chi connectivity index (χ2v) is 6.14. The molecular formula is C19H19F3N2O2. The lowest BCUT2D eigenvalue weighted by atomic mass is 10.0. The standard InChI is InChI=1S/C19H19F3N2O2/c1-11(2)17(19(26)23-10-12-5-3-6-13(20)9-12)24-18(25)16-14(21)7-4-8-15(16)22/h3-9,11,17H,10H2,1-2H3,(H,23,26)(H,24,25). The zero-order chi connectivity index (χ0) is 19.3. The van der Waals surface area contributed by atoms with E-state index in [9.17, 15) is 22.8 Å². The maximum Gasteiger partial charge on any atom is 0.257 e. The third-order valence-electron chi connectivity index (χ3n) is 3.78. The predicted molar refractivity (Wildman–Crippen MR) is 90.7 cm³/mol. The Morgan fingerprint density at radius 1 is 1.00 bits per heavy atom. The van der Waals surface area contributed by atoms with Crippen molar-refractivity contribution in [3.05, 3.63) is 71.0 Å². The molecule has 2 amide bonds. The molecule has 0 aliphatic carbocycles. The van der Waals surface area contributed by atoms with Crippen LogP contribution in [0, 0.1) is 23.4 Å². The van der Waals surface area contributed by atoms with Crippen LogP contribution in [-0.4, -0.2) is 17.9 Å². The van der Waals surface area contributed by atoms with Gasteiger partial charge in [0.05, 0.1) is 0 Å². The van der Waals surface area contributed by atoms with Crippen LogP contribution >= 0.6 is 0 Å². The van der Waals surface area contributed by atoms with Gasteiger partial charge in [-0.15, -0.1) is 0 Å². The molecule has 0 aromatic heterocycles. The van der Waals surface area contributed by atoms with Gasteiger partial charge in [-0.2, -0.15) is 0 Å². The first-order chi connectivity index (χ1) is 12.3. The molecule has 1 unspecified atom stereocenters. The molecule has 138 valence electrons. The van der Waals surface area contributed by atoms with Gasteiger partial charge in [0.1, 0.15) is 29.1 Å².